The summed E-state index contributed by atoms with van der Waals surface area (Å²) in [4.78, 5) is 11.8. The molecule has 0 fully saturated rings. The Kier molecular flexibility index (Phi) is 6.76. The molecule has 0 saturated carbocycles. The van der Waals surface area contributed by atoms with E-state index in [2.05, 4.69) is 0 Å². The molecular weight excluding hydrogens is 274 g/mol. The molecule has 0 saturated heterocycles. The third-order valence-corrected chi connectivity index (χ3v) is 3.39. The second-order valence-electron chi connectivity index (χ2n) is 4.84. The van der Waals surface area contributed by atoms with Gasteiger partial charge in [-0.25, -0.2) is 0 Å². The summed E-state index contributed by atoms with van der Waals surface area (Å²) in [5.41, 5.74) is 8.04. The van der Waals surface area contributed by atoms with Crippen LogP contribution in [0.5, 0.6) is 0 Å². The van der Waals surface area contributed by atoms with Crippen LogP contribution >= 0.6 is 11.6 Å². The fraction of sp³-hybridized carbons (Fsp3) is 0.438. The van der Waals surface area contributed by atoms with Crippen molar-refractivity contribution in [2.24, 2.45) is 11.7 Å². The molecule has 4 heteroatoms. The summed E-state index contributed by atoms with van der Waals surface area (Å²) in [6.45, 7) is 6.33. The van der Waals surface area contributed by atoms with Crippen LogP contribution in [0.3, 0.4) is 0 Å². The minimum Gasteiger partial charge on any atom is -0.369 e. The third-order valence-electron chi connectivity index (χ3n) is 3.08. The second-order valence-corrected chi connectivity index (χ2v) is 5.32. The van der Waals surface area contributed by atoms with Gasteiger partial charge in [-0.15, -0.1) is 0 Å². The fourth-order valence-electron chi connectivity index (χ4n) is 2.27. The maximum Gasteiger partial charge on any atom is 0.225 e. The molecule has 2 N–H and O–H groups in total. The van der Waals surface area contributed by atoms with Crippen LogP contribution in [0.1, 0.15) is 32.8 Å². The van der Waals surface area contributed by atoms with E-state index in [9.17, 15) is 4.79 Å². The highest BCUT2D eigenvalue weighted by molar-refractivity contribution is 6.20. The number of halogens is 1. The highest BCUT2D eigenvalue weighted by atomic mass is 35.5. The summed E-state index contributed by atoms with van der Waals surface area (Å²) < 4.78 is 5.32. The summed E-state index contributed by atoms with van der Waals surface area (Å²) in [6.07, 6.45) is 0.375. The Hall–Kier alpha value is -1.32. The van der Waals surface area contributed by atoms with Gasteiger partial charge < -0.3 is 10.5 Å². The number of primary amides is 1. The van der Waals surface area contributed by atoms with Crippen molar-refractivity contribution in [2.45, 2.75) is 32.8 Å². The Morgan fingerprint density at radius 3 is 2.35 bits per heavy atom. The van der Waals surface area contributed by atoms with Crippen molar-refractivity contribution in [1.82, 2.24) is 0 Å². The minimum absolute atomic E-state index is 0.375. The molecule has 1 aromatic rings. The Bertz CT molecular complexity index is 467. The highest BCUT2D eigenvalue weighted by Gasteiger charge is 2.26. The molecule has 2 unspecified atom stereocenters. The first-order chi connectivity index (χ1) is 9.47. The van der Waals surface area contributed by atoms with E-state index < -0.39 is 11.5 Å². The summed E-state index contributed by atoms with van der Waals surface area (Å²) in [5, 5.41) is 0. The molecular formula is C16H22ClNO2. The summed E-state index contributed by atoms with van der Waals surface area (Å²) in [5.74, 6) is -0.827. The van der Waals surface area contributed by atoms with Gasteiger partial charge in [0.05, 0.1) is 5.92 Å². The van der Waals surface area contributed by atoms with Crippen molar-refractivity contribution in [3.05, 3.63) is 41.5 Å². The van der Waals surface area contributed by atoms with E-state index in [0.29, 0.717) is 13.0 Å². The third kappa shape index (κ3) is 4.66. The molecule has 0 aliphatic carbocycles. The first-order valence-corrected chi connectivity index (χ1v) is 7.18. The van der Waals surface area contributed by atoms with E-state index >= 15 is 0 Å². The van der Waals surface area contributed by atoms with E-state index in [0.717, 1.165) is 16.7 Å². The van der Waals surface area contributed by atoms with E-state index in [1.54, 1.807) is 0 Å². The number of nitrogens with two attached hydrogens (primary N) is 1. The first-order valence-electron chi connectivity index (χ1n) is 6.75. The number of amides is 1. The Labute approximate surface area is 125 Å². The van der Waals surface area contributed by atoms with Gasteiger partial charge in [0.15, 0.2) is 0 Å². The fourth-order valence-corrected chi connectivity index (χ4v) is 2.57. The molecule has 1 rings (SSSR count). The number of benzene rings is 1. The molecule has 0 aromatic heterocycles. The zero-order valence-electron chi connectivity index (χ0n) is 12.2. The van der Waals surface area contributed by atoms with Crippen molar-refractivity contribution in [2.75, 3.05) is 6.61 Å². The summed E-state index contributed by atoms with van der Waals surface area (Å²) in [6, 6.07) is 9.77. The average molecular weight is 296 g/mol. The summed E-state index contributed by atoms with van der Waals surface area (Å²) in [7, 11) is 0. The highest BCUT2D eigenvalue weighted by Crippen LogP contribution is 2.31. The predicted octanol–water partition coefficient (Wildman–Crippen LogP) is 3.57. The van der Waals surface area contributed by atoms with E-state index in [-0.39, 0.29) is 5.91 Å². The van der Waals surface area contributed by atoms with Crippen molar-refractivity contribution in [3.63, 3.8) is 0 Å². The molecule has 0 spiro atoms. The predicted molar refractivity (Wildman–Crippen MR) is 83.3 cm³/mol. The van der Waals surface area contributed by atoms with Gasteiger partial charge in [0.2, 0.25) is 5.91 Å². The molecule has 0 radical (unpaired) electrons. The van der Waals surface area contributed by atoms with Gasteiger partial charge in [-0.05, 0) is 31.9 Å². The van der Waals surface area contributed by atoms with Gasteiger partial charge in [-0.3, -0.25) is 4.79 Å². The lowest BCUT2D eigenvalue weighted by atomic mass is 9.86. The van der Waals surface area contributed by atoms with E-state index in [1.807, 2.05) is 51.1 Å². The van der Waals surface area contributed by atoms with Crippen LogP contribution in [0.25, 0.3) is 5.57 Å². The number of hydrogen-bond acceptors (Lipinski definition) is 2. The largest absolute Gasteiger partial charge is 0.369 e. The number of ether oxygens (including phenoxy) is 1. The molecule has 0 aliphatic rings. The topological polar surface area (TPSA) is 52.3 Å². The Balaban J connectivity index is 3.10. The van der Waals surface area contributed by atoms with Crippen LogP contribution in [0.4, 0.5) is 0 Å². The van der Waals surface area contributed by atoms with Gasteiger partial charge in [-0.2, -0.15) is 0 Å². The molecule has 20 heavy (non-hydrogen) atoms. The van der Waals surface area contributed by atoms with Crippen molar-refractivity contribution < 1.29 is 9.53 Å². The second kappa shape index (κ2) is 8.08. The normalized spacial score (nSPS) is 13.6. The number of alkyl halides is 1. The van der Waals surface area contributed by atoms with Gasteiger partial charge in [-0.1, -0.05) is 47.5 Å². The molecule has 2 atom stereocenters. The van der Waals surface area contributed by atoms with Crippen molar-refractivity contribution >= 4 is 23.1 Å². The number of allylic oxidation sites excluding steroid dienone is 1. The van der Waals surface area contributed by atoms with Crippen LogP contribution in [-0.2, 0) is 9.53 Å². The minimum atomic E-state index is -0.518. The molecule has 1 amide bonds. The number of carbonyl (C=O) groups excluding carboxylic acids is 1. The molecule has 3 nitrogen and oxygen atoms in total. The standard InChI is InChI=1S/C16H22ClNO2/c1-4-20-14(17)10-13(16(18)19)15(11(2)3)12-8-6-5-7-9-12/h5-9,13-14H,4,10H2,1-3H3,(H2,18,19). The zero-order valence-corrected chi connectivity index (χ0v) is 13.0. The maximum atomic E-state index is 11.8. The van der Waals surface area contributed by atoms with Gasteiger partial charge in [0.1, 0.15) is 5.56 Å². The number of hydrogen-bond donors (Lipinski definition) is 1. The van der Waals surface area contributed by atoms with Gasteiger partial charge >= 0.3 is 0 Å². The number of rotatable bonds is 7. The van der Waals surface area contributed by atoms with Crippen molar-refractivity contribution in [3.8, 4) is 0 Å². The monoisotopic (exact) mass is 295 g/mol. The van der Waals surface area contributed by atoms with Crippen LogP contribution in [0, 0.1) is 5.92 Å². The molecule has 0 aliphatic heterocycles. The molecule has 0 bridgehead atoms. The lowest BCUT2D eigenvalue weighted by Gasteiger charge is -2.22. The van der Waals surface area contributed by atoms with Crippen LogP contribution in [0.15, 0.2) is 35.9 Å². The van der Waals surface area contributed by atoms with Crippen LogP contribution < -0.4 is 5.73 Å². The first kappa shape index (κ1) is 16.7. The van der Waals surface area contributed by atoms with Crippen LogP contribution in [0.2, 0.25) is 0 Å². The molecule has 1 aromatic carbocycles. The van der Waals surface area contributed by atoms with Crippen molar-refractivity contribution in [1.29, 1.82) is 0 Å². The number of carbonyl (C=O) groups is 1. The Morgan fingerprint density at radius 1 is 1.30 bits per heavy atom. The lowest BCUT2D eigenvalue weighted by Crippen LogP contribution is -2.28. The van der Waals surface area contributed by atoms with E-state index in [4.69, 9.17) is 22.1 Å². The quantitative estimate of drug-likeness (QED) is 0.782. The van der Waals surface area contributed by atoms with Gasteiger partial charge in [0, 0.05) is 13.0 Å². The average Bonchev–Trinajstić information content (AvgIpc) is 2.39. The SMILES string of the molecule is CCOC(Cl)CC(C(N)=O)C(=C(C)C)c1ccccc1. The lowest BCUT2D eigenvalue weighted by molar-refractivity contribution is -0.120. The van der Waals surface area contributed by atoms with Crippen LogP contribution in [-0.4, -0.2) is 18.1 Å². The van der Waals surface area contributed by atoms with Gasteiger partial charge in [0.25, 0.3) is 0 Å². The summed E-state index contributed by atoms with van der Waals surface area (Å²) >= 11 is 6.10. The Morgan fingerprint density at radius 2 is 1.90 bits per heavy atom. The molecule has 110 valence electrons. The smallest absolute Gasteiger partial charge is 0.225 e. The van der Waals surface area contributed by atoms with E-state index in [1.165, 1.54) is 0 Å². The molecule has 0 heterocycles. The maximum absolute atomic E-state index is 11.8. The zero-order chi connectivity index (χ0) is 15.1.